The monoisotopic (exact) mass is 475 g/mol. The van der Waals surface area contributed by atoms with Gasteiger partial charge in [-0.25, -0.2) is 0 Å². The van der Waals surface area contributed by atoms with Crippen LogP contribution in [0.25, 0.3) is 0 Å². The van der Waals surface area contributed by atoms with E-state index in [1.807, 2.05) is 32.9 Å². The number of benzene rings is 1. The third kappa shape index (κ3) is 4.80. The fourth-order valence-corrected chi connectivity index (χ4v) is 5.41. The molecule has 7 nitrogen and oxygen atoms in total. The average Bonchev–Trinajstić information content (AvgIpc) is 3.12. The molecule has 0 radical (unpaired) electrons. The highest BCUT2D eigenvalue weighted by Gasteiger charge is 2.58. The number of hydrogen-bond donors (Lipinski definition) is 3. The number of nitrogens with zero attached hydrogens (tertiary/aromatic N) is 1. The molecule has 8 heteroatoms. The number of amides is 3. The van der Waals surface area contributed by atoms with Gasteiger partial charge < -0.3 is 20.6 Å². The topological polar surface area (TPSA) is 98.7 Å². The number of likely N-dealkylation sites (tertiary alicyclic amines) is 1. The molecule has 0 saturated carbocycles. The molecular weight excluding hydrogens is 442 g/mol. The van der Waals surface area contributed by atoms with Crippen molar-refractivity contribution >= 4 is 35.0 Å². The molecule has 3 rings (SSSR count). The first-order valence-electron chi connectivity index (χ1n) is 11.7. The van der Waals surface area contributed by atoms with Gasteiger partial charge in [-0.1, -0.05) is 50.9 Å². The number of nitrogens with one attached hydrogen (secondary N) is 2. The molecule has 1 saturated heterocycles. The lowest BCUT2D eigenvalue weighted by Gasteiger charge is -2.36. The molecule has 0 unspecified atom stereocenters. The Morgan fingerprint density at radius 1 is 1.15 bits per heavy atom. The van der Waals surface area contributed by atoms with Crippen LogP contribution in [0.2, 0.25) is 5.02 Å². The third-order valence-electron chi connectivity index (χ3n) is 7.29. The van der Waals surface area contributed by atoms with Crippen LogP contribution in [0.4, 0.5) is 5.69 Å². The van der Waals surface area contributed by atoms with Crippen LogP contribution in [0.15, 0.2) is 36.4 Å². The van der Waals surface area contributed by atoms with Crippen LogP contribution in [-0.2, 0) is 14.4 Å². The van der Waals surface area contributed by atoms with Crippen molar-refractivity contribution < 1.29 is 19.5 Å². The lowest BCUT2D eigenvalue weighted by molar-refractivity contribution is -0.143. The summed E-state index contributed by atoms with van der Waals surface area (Å²) in [7, 11) is 1.57. The summed E-state index contributed by atoms with van der Waals surface area (Å²) in [6.45, 7) is 5.69. The molecular formula is C25H34ClN3O4. The highest BCUT2D eigenvalue weighted by atomic mass is 35.5. The Morgan fingerprint density at radius 2 is 1.82 bits per heavy atom. The van der Waals surface area contributed by atoms with Crippen molar-refractivity contribution in [3.8, 4) is 0 Å². The minimum Gasteiger partial charge on any atom is -0.394 e. The first kappa shape index (κ1) is 25.2. The van der Waals surface area contributed by atoms with Crippen molar-refractivity contribution in [1.29, 1.82) is 0 Å². The Labute approximate surface area is 200 Å². The lowest BCUT2D eigenvalue weighted by atomic mass is 9.69. The van der Waals surface area contributed by atoms with Gasteiger partial charge in [-0.05, 0) is 42.5 Å². The number of allylic oxidation sites excluding steroid dienone is 1. The number of halogens is 1. The minimum atomic E-state index is -0.828. The fourth-order valence-electron chi connectivity index (χ4n) is 5.28. The maximum atomic E-state index is 13.9. The molecule has 3 amide bonds. The molecule has 1 fully saturated rings. The molecule has 2 aliphatic rings. The maximum absolute atomic E-state index is 13.9. The summed E-state index contributed by atoms with van der Waals surface area (Å²) < 4.78 is 0. The molecule has 0 aromatic heterocycles. The molecule has 180 valence electrons. The smallest absolute Gasteiger partial charge is 0.247 e. The maximum Gasteiger partial charge on any atom is 0.247 e. The van der Waals surface area contributed by atoms with Crippen molar-refractivity contribution in [2.75, 3.05) is 19.0 Å². The van der Waals surface area contributed by atoms with Crippen LogP contribution < -0.4 is 10.6 Å². The Balaban J connectivity index is 2.05. The number of anilines is 1. The molecule has 1 heterocycles. The van der Waals surface area contributed by atoms with E-state index in [9.17, 15) is 19.5 Å². The summed E-state index contributed by atoms with van der Waals surface area (Å²) in [6.07, 6.45) is 5.34. The SMILES string of the molecule is CC[C@H](C)[C@H](CO)N1C(=O)[C@H]2[C@H](C=C[C@@H](CC)[C@H]2C(=O)NC)[C@H]1C(=O)Nc1ccc(Cl)cc1. The molecule has 0 spiro atoms. The van der Waals surface area contributed by atoms with Crippen molar-refractivity contribution in [2.24, 2.45) is 29.6 Å². The predicted octanol–water partition coefficient (Wildman–Crippen LogP) is 3.09. The third-order valence-corrected chi connectivity index (χ3v) is 7.55. The van der Waals surface area contributed by atoms with E-state index in [2.05, 4.69) is 10.6 Å². The zero-order valence-corrected chi connectivity index (χ0v) is 20.4. The van der Waals surface area contributed by atoms with Gasteiger partial charge in [0.05, 0.1) is 24.5 Å². The number of fused-ring (bicyclic) bond motifs is 1. The number of aliphatic hydroxyl groups excluding tert-OH is 1. The Hall–Kier alpha value is -2.38. The number of hydrogen-bond acceptors (Lipinski definition) is 4. The average molecular weight is 476 g/mol. The zero-order chi connectivity index (χ0) is 24.3. The summed E-state index contributed by atoms with van der Waals surface area (Å²) in [4.78, 5) is 41.9. The van der Waals surface area contributed by atoms with Gasteiger partial charge in [-0.3, -0.25) is 14.4 Å². The fraction of sp³-hybridized carbons (Fsp3) is 0.560. The number of carbonyl (C=O) groups excluding carboxylic acids is 3. The van der Waals surface area contributed by atoms with Crippen LogP contribution in [0.5, 0.6) is 0 Å². The van der Waals surface area contributed by atoms with Gasteiger partial charge in [0, 0.05) is 23.7 Å². The van der Waals surface area contributed by atoms with Crippen LogP contribution >= 0.6 is 11.6 Å². The Morgan fingerprint density at radius 3 is 2.36 bits per heavy atom. The van der Waals surface area contributed by atoms with E-state index in [0.29, 0.717) is 17.1 Å². The van der Waals surface area contributed by atoms with Gasteiger partial charge in [-0.15, -0.1) is 0 Å². The second kappa shape index (κ2) is 10.7. The molecule has 1 aromatic carbocycles. The van der Waals surface area contributed by atoms with Crippen LogP contribution in [0, 0.1) is 29.6 Å². The summed E-state index contributed by atoms with van der Waals surface area (Å²) in [6, 6.07) is 5.42. The predicted molar refractivity (Wildman–Crippen MR) is 129 cm³/mol. The quantitative estimate of drug-likeness (QED) is 0.503. The second-order valence-corrected chi connectivity index (χ2v) is 9.46. The molecule has 33 heavy (non-hydrogen) atoms. The van der Waals surface area contributed by atoms with Crippen molar-refractivity contribution in [1.82, 2.24) is 10.2 Å². The van der Waals surface area contributed by atoms with Crippen molar-refractivity contribution in [3.05, 3.63) is 41.4 Å². The van der Waals surface area contributed by atoms with Gasteiger partial charge in [0.25, 0.3) is 0 Å². The van der Waals surface area contributed by atoms with Gasteiger partial charge in [-0.2, -0.15) is 0 Å². The Kier molecular flexibility index (Phi) is 8.19. The molecule has 1 aromatic rings. The van der Waals surface area contributed by atoms with E-state index in [4.69, 9.17) is 11.6 Å². The molecule has 1 aliphatic heterocycles. The first-order chi connectivity index (χ1) is 15.8. The summed E-state index contributed by atoms with van der Waals surface area (Å²) in [5.74, 6) is -2.57. The van der Waals surface area contributed by atoms with Gasteiger partial charge >= 0.3 is 0 Å². The Bertz CT molecular complexity index is 903. The first-order valence-corrected chi connectivity index (χ1v) is 12.1. The van der Waals surface area contributed by atoms with Crippen LogP contribution in [-0.4, -0.2) is 53.5 Å². The van der Waals surface area contributed by atoms with E-state index in [1.54, 1.807) is 36.2 Å². The highest BCUT2D eigenvalue weighted by Crippen LogP contribution is 2.46. The molecule has 7 atom stereocenters. The number of rotatable bonds is 8. The van der Waals surface area contributed by atoms with Gasteiger partial charge in [0.1, 0.15) is 6.04 Å². The second-order valence-electron chi connectivity index (χ2n) is 9.02. The standard InChI is InChI=1S/C25H34ClN3O4/c1-5-14(3)19(13-30)29-22(24(32)28-17-10-8-16(26)9-11-17)18-12-7-15(6-2)20(23(31)27-4)21(18)25(29)33/h7-12,14-15,18-22,30H,5-6,13H2,1-4H3,(H,27,31)(H,28,32)/t14-,15+,18-,19-,20+,21-,22-/m0/s1. The van der Waals surface area contributed by atoms with E-state index >= 15 is 0 Å². The van der Waals surface area contributed by atoms with Crippen LogP contribution in [0.3, 0.4) is 0 Å². The zero-order valence-electron chi connectivity index (χ0n) is 19.6. The molecule has 3 N–H and O–H groups in total. The van der Waals surface area contributed by atoms with Gasteiger partial charge in [0.2, 0.25) is 17.7 Å². The number of carbonyl (C=O) groups is 3. The van der Waals surface area contributed by atoms with E-state index in [-0.39, 0.29) is 36.2 Å². The van der Waals surface area contributed by atoms with Crippen molar-refractivity contribution in [2.45, 2.75) is 45.7 Å². The molecule has 0 bridgehead atoms. The van der Waals surface area contributed by atoms with E-state index in [0.717, 1.165) is 6.42 Å². The van der Waals surface area contributed by atoms with E-state index < -0.39 is 29.8 Å². The summed E-state index contributed by atoms with van der Waals surface area (Å²) in [5, 5.41) is 16.4. The summed E-state index contributed by atoms with van der Waals surface area (Å²) >= 11 is 5.97. The normalized spacial score (nSPS) is 28.2. The largest absolute Gasteiger partial charge is 0.394 e. The summed E-state index contributed by atoms with van der Waals surface area (Å²) in [5.41, 5.74) is 0.568. The highest BCUT2D eigenvalue weighted by molar-refractivity contribution is 6.30. The minimum absolute atomic E-state index is 0.0191. The number of aliphatic hydroxyl groups is 1. The molecule has 1 aliphatic carbocycles. The van der Waals surface area contributed by atoms with E-state index in [1.165, 1.54) is 0 Å². The lowest BCUT2D eigenvalue weighted by Crippen LogP contribution is -2.52. The van der Waals surface area contributed by atoms with Gasteiger partial charge in [0.15, 0.2) is 0 Å². The van der Waals surface area contributed by atoms with Crippen LogP contribution in [0.1, 0.15) is 33.6 Å². The van der Waals surface area contributed by atoms with Crippen molar-refractivity contribution in [3.63, 3.8) is 0 Å².